The van der Waals surface area contributed by atoms with Crippen LogP contribution in [0.5, 0.6) is 0 Å². The van der Waals surface area contributed by atoms with Crippen molar-refractivity contribution in [1.29, 1.82) is 0 Å². The third-order valence-corrected chi connectivity index (χ3v) is 2.22. The molecule has 0 atom stereocenters. The summed E-state index contributed by atoms with van der Waals surface area (Å²) in [5, 5.41) is 7.90. The van der Waals surface area contributed by atoms with Gasteiger partial charge in [0.25, 0.3) is 0 Å². The van der Waals surface area contributed by atoms with E-state index in [9.17, 15) is 0 Å². The van der Waals surface area contributed by atoms with Gasteiger partial charge in [-0.1, -0.05) is 23.9 Å². The summed E-state index contributed by atoms with van der Waals surface area (Å²) in [6.07, 6.45) is 0. The highest BCUT2D eigenvalue weighted by Gasteiger charge is 2.03. The molecular formula is C7H6N2S. The molecule has 0 unspecified atom stereocenters. The minimum Gasteiger partial charge on any atom is -0.177 e. The average molecular weight is 150 g/mol. The normalized spacial score (nSPS) is 14.8. The number of thioether (sulfide) groups is 1. The first-order valence-corrected chi connectivity index (χ1v) is 4.05. The third-order valence-electron chi connectivity index (χ3n) is 1.32. The monoisotopic (exact) mass is 150 g/mol. The number of hydrogen-bond donors (Lipinski definition) is 0. The predicted octanol–water partition coefficient (Wildman–Crippen LogP) is 2.83. The van der Waals surface area contributed by atoms with Gasteiger partial charge in [0.1, 0.15) is 5.88 Å². The van der Waals surface area contributed by atoms with Crippen molar-refractivity contribution in [1.82, 2.24) is 0 Å². The van der Waals surface area contributed by atoms with Crippen molar-refractivity contribution in [2.75, 3.05) is 5.88 Å². The van der Waals surface area contributed by atoms with Gasteiger partial charge in [0.2, 0.25) is 0 Å². The maximum absolute atomic E-state index is 4.00. The Morgan fingerprint density at radius 1 is 1.30 bits per heavy atom. The second-order valence-electron chi connectivity index (χ2n) is 1.98. The van der Waals surface area contributed by atoms with Gasteiger partial charge in [-0.3, -0.25) is 0 Å². The van der Waals surface area contributed by atoms with Crippen molar-refractivity contribution in [3.8, 4) is 0 Å². The van der Waals surface area contributed by atoms with Gasteiger partial charge < -0.3 is 0 Å². The molecule has 0 N–H and O–H groups in total. The zero-order valence-electron chi connectivity index (χ0n) is 5.32. The average Bonchev–Trinajstić information content (AvgIpc) is 2.05. The number of rotatable bonds is 0. The summed E-state index contributed by atoms with van der Waals surface area (Å²) in [4.78, 5) is 1.23. The van der Waals surface area contributed by atoms with E-state index in [0.717, 1.165) is 11.6 Å². The van der Waals surface area contributed by atoms with Gasteiger partial charge in [0.15, 0.2) is 0 Å². The van der Waals surface area contributed by atoms with Gasteiger partial charge in [0, 0.05) is 4.90 Å². The molecule has 0 amide bonds. The fourth-order valence-corrected chi connectivity index (χ4v) is 1.55. The van der Waals surface area contributed by atoms with Crippen LogP contribution in [-0.2, 0) is 0 Å². The smallest absolute Gasteiger partial charge is 0.110 e. The summed E-state index contributed by atoms with van der Waals surface area (Å²) < 4.78 is 0. The van der Waals surface area contributed by atoms with E-state index in [-0.39, 0.29) is 0 Å². The highest BCUT2D eigenvalue weighted by Crippen LogP contribution is 2.32. The van der Waals surface area contributed by atoms with Crippen LogP contribution in [0.1, 0.15) is 0 Å². The Morgan fingerprint density at radius 2 is 2.20 bits per heavy atom. The van der Waals surface area contributed by atoms with E-state index >= 15 is 0 Å². The quantitative estimate of drug-likeness (QED) is 0.558. The molecule has 10 heavy (non-hydrogen) atoms. The Hall–Kier alpha value is -0.830. The molecule has 1 aliphatic heterocycles. The molecule has 3 heteroatoms. The summed E-state index contributed by atoms with van der Waals surface area (Å²) >= 11 is 1.73. The Kier molecular flexibility index (Phi) is 1.43. The Balaban J connectivity index is 2.54. The standard InChI is InChI=1S/C7H6N2S/c1-2-4-7-6(3-1)9-8-5-10-7/h1-4H,5H2. The zero-order valence-corrected chi connectivity index (χ0v) is 6.14. The van der Waals surface area contributed by atoms with Crippen LogP contribution in [0.25, 0.3) is 0 Å². The molecule has 1 aromatic carbocycles. The highest BCUT2D eigenvalue weighted by atomic mass is 32.2. The second-order valence-corrected chi connectivity index (χ2v) is 2.97. The number of benzene rings is 1. The molecule has 0 fully saturated rings. The highest BCUT2D eigenvalue weighted by molar-refractivity contribution is 7.99. The van der Waals surface area contributed by atoms with E-state index in [4.69, 9.17) is 0 Å². The van der Waals surface area contributed by atoms with Crippen molar-refractivity contribution < 1.29 is 0 Å². The van der Waals surface area contributed by atoms with Gasteiger partial charge in [-0.05, 0) is 12.1 Å². The van der Waals surface area contributed by atoms with Crippen LogP contribution in [0.2, 0.25) is 0 Å². The van der Waals surface area contributed by atoms with Gasteiger partial charge in [-0.15, -0.1) is 0 Å². The van der Waals surface area contributed by atoms with Crippen molar-refractivity contribution in [2.45, 2.75) is 4.90 Å². The van der Waals surface area contributed by atoms with E-state index in [2.05, 4.69) is 16.3 Å². The Bertz CT molecular complexity index is 270. The van der Waals surface area contributed by atoms with Gasteiger partial charge >= 0.3 is 0 Å². The molecule has 0 aromatic heterocycles. The Labute approximate surface area is 63.4 Å². The SMILES string of the molecule is c1ccc2c(c1)N=NCS2. The molecular weight excluding hydrogens is 144 g/mol. The van der Waals surface area contributed by atoms with Gasteiger partial charge in [0.05, 0.1) is 5.69 Å². The summed E-state index contributed by atoms with van der Waals surface area (Å²) in [5.74, 6) is 0.761. The van der Waals surface area contributed by atoms with E-state index in [1.807, 2.05) is 18.2 Å². The molecule has 0 bridgehead atoms. The molecule has 50 valence electrons. The second kappa shape index (κ2) is 2.42. The molecule has 0 saturated heterocycles. The fraction of sp³-hybridized carbons (Fsp3) is 0.143. The van der Waals surface area contributed by atoms with Crippen LogP contribution in [0.3, 0.4) is 0 Å². The van der Waals surface area contributed by atoms with Gasteiger partial charge in [-0.25, -0.2) is 0 Å². The van der Waals surface area contributed by atoms with E-state index in [0.29, 0.717) is 0 Å². The van der Waals surface area contributed by atoms with Gasteiger partial charge in [-0.2, -0.15) is 10.2 Å². The maximum Gasteiger partial charge on any atom is 0.110 e. The lowest BCUT2D eigenvalue weighted by Gasteiger charge is -2.05. The molecule has 0 spiro atoms. The number of hydrogen-bond acceptors (Lipinski definition) is 3. The predicted molar refractivity (Wildman–Crippen MR) is 41.7 cm³/mol. The minimum atomic E-state index is 0.761. The van der Waals surface area contributed by atoms with Crippen LogP contribution < -0.4 is 0 Å². The van der Waals surface area contributed by atoms with Crippen LogP contribution in [-0.4, -0.2) is 5.88 Å². The maximum atomic E-state index is 4.00. The molecule has 1 heterocycles. The van der Waals surface area contributed by atoms with E-state index < -0.39 is 0 Å². The molecule has 0 saturated carbocycles. The lowest BCUT2D eigenvalue weighted by atomic mass is 10.3. The molecule has 1 aromatic rings. The number of fused-ring (bicyclic) bond motifs is 1. The van der Waals surface area contributed by atoms with Crippen molar-refractivity contribution >= 4 is 17.4 Å². The molecule has 1 aliphatic rings. The first kappa shape index (κ1) is 5.92. The summed E-state index contributed by atoms with van der Waals surface area (Å²) in [5.41, 5.74) is 0.999. The van der Waals surface area contributed by atoms with Crippen LogP contribution >= 0.6 is 11.8 Å². The lowest BCUT2D eigenvalue weighted by molar-refractivity contribution is 1.09. The lowest BCUT2D eigenvalue weighted by Crippen LogP contribution is -1.80. The third kappa shape index (κ3) is 0.926. The van der Waals surface area contributed by atoms with Crippen molar-refractivity contribution in [3.05, 3.63) is 24.3 Å². The number of nitrogens with zero attached hydrogens (tertiary/aromatic N) is 2. The molecule has 2 rings (SSSR count). The summed E-state index contributed by atoms with van der Waals surface area (Å²) in [6.45, 7) is 0. The molecule has 0 radical (unpaired) electrons. The van der Waals surface area contributed by atoms with Crippen LogP contribution in [0.15, 0.2) is 39.4 Å². The molecule has 0 aliphatic carbocycles. The first-order valence-electron chi connectivity index (χ1n) is 3.06. The van der Waals surface area contributed by atoms with Crippen molar-refractivity contribution in [2.24, 2.45) is 10.2 Å². The van der Waals surface area contributed by atoms with Crippen molar-refractivity contribution in [3.63, 3.8) is 0 Å². The number of azo groups is 1. The van der Waals surface area contributed by atoms with E-state index in [1.54, 1.807) is 11.8 Å². The fourth-order valence-electron chi connectivity index (χ4n) is 0.865. The van der Waals surface area contributed by atoms with E-state index in [1.165, 1.54) is 4.90 Å². The van der Waals surface area contributed by atoms with Crippen LogP contribution in [0.4, 0.5) is 5.69 Å². The zero-order chi connectivity index (χ0) is 6.81. The topological polar surface area (TPSA) is 24.7 Å². The summed E-state index contributed by atoms with van der Waals surface area (Å²) in [7, 11) is 0. The summed E-state index contributed by atoms with van der Waals surface area (Å²) in [6, 6.07) is 8.04. The van der Waals surface area contributed by atoms with Crippen LogP contribution in [0, 0.1) is 0 Å². The minimum absolute atomic E-state index is 0.761. The largest absolute Gasteiger partial charge is 0.177 e. The first-order chi connectivity index (χ1) is 4.97. The molecule has 2 nitrogen and oxygen atoms in total. The Morgan fingerprint density at radius 3 is 3.10 bits per heavy atom.